The number of benzene rings is 1. The molecule has 0 saturated heterocycles. The first kappa shape index (κ1) is 11.9. The van der Waals surface area contributed by atoms with Crippen LogP contribution in [0, 0.1) is 0 Å². The first-order valence-electron chi connectivity index (χ1n) is 4.57. The standard InChI is InChI=1S/C10H15ClN2S/c1-2-13-10(12)14-7-8-3-5-9(11)6-4-8/h3-6,10,13H,2,7,12H2,1H3. The molecule has 0 bridgehead atoms. The first-order valence-corrected chi connectivity index (χ1v) is 6.00. The highest BCUT2D eigenvalue weighted by Crippen LogP contribution is 2.16. The number of nitrogens with one attached hydrogen (secondary N) is 1. The lowest BCUT2D eigenvalue weighted by Crippen LogP contribution is -2.33. The third kappa shape index (κ3) is 4.33. The number of halogens is 1. The van der Waals surface area contributed by atoms with Crippen molar-refractivity contribution in [1.29, 1.82) is 0 Å². The second-order valence-corrected chi connectivity index (χ2v) is 4.48. The van der Waals surface area contributed by atoms with E-state index >= 15 is 0 Å². The fraction of sp³-hybridized carbons (Fsp3) is 0.400. The predicted molar refractivity (Wildman–Crippen MR) is 64.4 cm³/mol. The highest BCUT2D eigenvalue weighted by Gasteiger charge is 2.00. The van der Waals surface area contributed by atoms with E-state index in [2.05, 4.69) is 5.32 Å². The number of thioether (sulfide) groups is 1. The van der Waals surface area contributed by atoms with Gasteiger partial charge < -0.3 is 5.73 Å². The van der Waals surface area contributed by atoms with Gasteiger partial charge in [-0.15, -0.1) is 11.8 Å². The zero-order valence-corrected chi connectivity index (χ0v) is 9.74. The van der Waals surface area contributed by atoms with Crippen molar-refractivity contribution in [1.82, 2.24) is 5.32 Å². The van der Waals surface area contributed by atoms with Crippen LogP contribution in [0.3, 0.4) is 0 Å². The van der Waals surface area contributed by atoms with Crippen molar-refractivity contribution >= 4 is 23.4 Å². The van der Waals surface area contributed by atoms with Crippen LogP contribution in [0.1, 0.15) is 12.5 Å². The zero-order chi connectivity index (χ0) is 10.4. The summed E-state index contributed by atoms with van der Waals surface area (Å²) in [5, 5.41) is 3.91. The van der Waals surface area contributed by atoms with E-state index in [-0.39, 0.29) is 5.50 Å². The van der Waals surface area contributed by atoms with Gasteiger partial charge in [0.1, 0.15) is 5.50 Å². The van der Waals surface area contributed by atoms with Crippen molar-refractivity contribution in [2.75, 3.05) is 6.54 Å². The highest BCUT2D eigenvalue weighted by atomic mass is 35.5. The highest BCUT2D eigenvalue weighted by molar-refractivity contribution is 7.99. The van der Waals surface area contributed by atoms with E-state index in [4.69, 9.17) is 17.3 Å². The number of nitrogens with two attached hydrogens (primary N) is 1. The van der Waals surface area contributed by atoms with E-state index in [1.807, 2.05) is 31.2 Å². The van der Waals surface area contributed by atoms with Crippen LogP contribution >= 0.6 is 23.4 Å². The number of rotatable bonds is 5. The minimum atomic E-state index is 0.00989. The van der Waals surface area contributed by atoms with Crippen molar-refractivity contribution in [2.45, 2.75) is 18.2 Å². The summed E-state index contributed by atoms with van der Waals surface area (Å²) in [6.07, 6.45) is 0. The van der Waals surface area contributed by atoms with Crippen molar-refractivity contribution < 1.29 is 0 Å². The Kier molecular flexibility index (Phi) is 5.33. The molecule has 1 unspecified atom stereocenters. The maximum absolute atomic E-state index is 5.79. The second-order valence-electron chi connectivity index (χ2n) is 2.92. The van der Waals surface area contributed by atoms with Gasteiger partial charge in [-0.05, 0) is 24.2 Å². The summed E-state index contributed by atoms with van der Waals surface area (Å²) in [5.74, 6) is 0.908. The summed E-state index contributed by atoms with van der Waals surface area (Å²) < 4.78 is 0. The zero-order valence-electron chi connectivity index (χ0n) is 8.16. The van der Waals surface area contributed by atoms with Gasteiger partial charge in [-0.3, -0.25) is 5.32 Å². The van der Waals surface area contributed by atoms with Gasteiger partial charge in [0.15, 0.2) is 0 Å². The molecule has 0 saturated carbocycles. The van der Waals surface area contributed by atoms with Gasteiger partial charge in [-0.25, -0.2) is 0 Å². The smallest absolute Gasteiger partial charge is 0.103 e. The molecule has 0 amide bonds. The molecule has 78 valence electrons. The third-order valence-electron chi connectivity index (χ3n) is 1.75. The Morgan fingerprint density at radius 3 is 2.64 bits per heavy atom. The van der Waals surface area contributed by atoms with Gasteiger partial charge in [-0.2, -0.15) is 0 Å². The molecule has 0 aliphatic carbocycles. The lowest BCUT2D eigenvalue weighted by molar-refractivity contribution is 0.697. The van der Waals surface area contributed by atoms with E-state index in [0.717, 1.165) is 17.3 Å². The fourth-order valence-corrected chi connectivity index (χ4v) is 2.00. The fourth-order valence-electron chi connectivity index (χ4n) is 1.03. The molecule has 0 aromatic heterocycles. The third-order valence-corrected chi connectivity index (χ3v) is 3.03. The average Bonchev–Trinajstić information content (AvgIpc) is 2.17. The quantitative estimate of drug-likeness (QED) is 0.764. The molecule has 0 heterocycles. The van der Waals surface area contributed by atoms with E-state index in [1.165, 1.54) is 5.56 Å². The van der Waals surface area contributed by atoms with Gasteiger partial charge in [0.05, 0.1) is 0 Å². The summed E-state index contributed by atoms with van der Waals surface area (Å²) in [7, 11) is 0. The van der Waals surface area contributed by atoms with E-state index in [1.54, 1.807) is 11.8 Å². The molecule has 3 N–H and O–H groups in total. The van der Waals surface area contributed by atoms with Gasteiger partial charge in [0, 0.05) is 10.8 Å². The molecular weight excluding hydrogens is 216 g/mol. The molecule has 4 heteroatoms. The Hall–Kier alpha value is -0.220. The number of hydrogen-bond acceptors (Lipinski definition) is 3. The Morgan fingerprint density at radius 1 is 1.43 bits per heavy atom. The summed E-state index contributed by atoms with van der Waals surface area (Å²) >= 11 is 7.46. The maximum Gasteiger partial charge on any atom is 0.103 e. The molecular formula is C10H15ClN2S. The SMILES string of the molecule is CCNC(N)SCc1ccc(Cl)cc1. The van der Waals surface area contributed by atoms with Crippen molar-refractivity contribution in [3.05, 3.63) is 34.9 Å². The summed E-state index contributed by atoms with van der Waals surface area (Å²) in [4.78, 5) is 0. The van der Waals surface area contributed by atoms with Crippen LogP contribution in [-0.4, -0.2) is 12.0 Å². The normalized spacial score (nSPS) is 12.8. The molecule has 0 spiro atoms. The molecule has 1 aromatic carbocycles. The van der Waals surface area contributed by atoms with Crippen molar-refractivity contribution in [3.63, 3.8) is 0 Å². The Morgan fingerprint density at radius 2 is 2.07 bits per heavy atom. The summed E-state index contributed by atoms with van der Waals surface area (Å²) in [6.45, 7) is 2.94. The van der Waals surface area contributed by atoms with E-state index in [9.17, 15) is 0 Å². The van der Waals surface area contributed by atoms with E-state index < -0.39 is 0 Å². The lowest BCUT2D eigenvalue weighted by Gasteiger charge is -2.11. The minimum absolute atomic E-state index is 0.00989. The Labute approximate surface area is 94.2 Å². The summed E-state index contributed by atoms with van der Waals surface area (Å²) in [5.41, 5.74) is 7.04. The molecule has 0 aliphatic rings. The van der Waals surface area contributed by atoms with Gasteiger partial charge in [0.25, 0.3) is 0 Å². The molecule has 1 rings (SSSR count). The molecule has 0 fully saturated rings. The average molecular weight is 231 g/mol. The molecule has 0 radical (unpaired) electrons. The van der Waals surface area contributed by atoms with Crippen molar-refractivity contribution in [2.24, 2.45) is 5.73 Å². The van der Waals surface area contributed by atoms with Crippen LogP contribution in [0.25, 0.3) is 0 Å². The summed E-state index contributed by atoms with van der Waals surface area (Å²) in [6, 6.07) is 7.84. The molecule has 2 nitrogen and oxygen atoms in total. The second kappa shape index (κ2) is 6.30. The van der Waals surface area contributed by atoms with Crippen LogP contribution < -0.4 is 11.1 Å². The largest absolute Gasteiger partial charge is 0.307 e. The Bertz CT molecular complexity index is 263. The topological polar surface area (TPSA) is 38.0 Å². The minimum Gasteiger partial charge on any atom is -0.307 e. The van der Waals surface area contributed by atoms with Crippen LogP contribution in [0.5, 0.6) is 0 Å². The van der Waals surface area contributed by atoms with Gasteiger partial charge >= 0.3 is 0 Å². The van der Waals surface area contributed by atoms with E-state index in [0.29, 0.717) is 0 Å². The van der Waals surface area contributed by atoms with Crippen LogP contribution in [0.4, 0.5) is 0 Å². The molecule has 1 aromatic rings. The lowest BCUT2D eigenvalue weighted by atomic mass is 10.2. The molecule has 0 aliphatic heterocycles. The predicted octanol–water partition coefficient (Wildman–Crippen LogP) is 2.43. The van der Waals surface area contributed by atoms with Gasteiger partial charge in [0.2, 0.25) is 0 Å². The Balaban J connectivity index is 2.34. The maximum atomic E-state index is 5.79. The van der Waals surface area contributed by atoms with Crippen molar-refractivity contribution in [3.8, 4) is 0 Å². The van der Waals surface area contributed by atoms with Crippen LogP contribution in [-0.2, 0) is 5.75 Å². The van der Waals surface area contributed by atoms with Gasteiger partial charge in [-0.1, -0.05) is 30.7 Å². The van der Waals surface area contributed by atoms with Crippen LogP contribution in [0.15, 0.2) is 24.3 Å². The monoisotopic (exact) mass is 230 g/mol. The molecule has 1 atom stereocenters. The number of hydrogen-bond donors (Lipinski definition) is 2. The first-order chi connectivity index (χ1) is 6.72. The molecule has 14 heavy (non-hydrogen) atoms. The van der Waals surface area contributed by atoms with Crippen LogP contribution in [0.2, 0.25) is 5.02 Å².